The molecule has 2 aromatic heterocycles. The summed E-state index contributed by atoms with van der Waals surface area (Å²) in [5.74, 6) is 1.96. The monoisotopic (exact) mass is 419 g/mol. The van der Waals surface area contributed by atoms with Gasteiger partial charge in [-0.3, -0.25) is 4.90 Å². The highest BCUT2D eigenvalue weighted by Gasteiger charge is 2.15. The first-order valence-electron chi connectivity index (χ1n) is 9.98. The molecule has 0 aliphatic rings. The molecule has 0 aliphatic carbocycles. The van der Waals surface area contributed by atoms with Crippen LogP contribution in [0.4, 0.5) is 0 Å². The molecule has 0 radical (unpaired) electrons. The SMILES string of the molecule is COc1ccc(-c2nnc(CN(CCc3ccccc3)Cc3ccc(C)s3)o2)cc1. The first kappa shape index (κ1) is 20.3. The first-order chi connectivity index (χ1) is 14.7. The summed E-state index contributed by atoms with van der Waals surface area (Å²) in [7, 11) is 1.65. The summed E-state index contributed by atoms with van der Waals surface area (Å²) < 4.78 is 11.2. The first-order valence-corrected chi connectivity index (χ1v) is 10.8. The molecule has 154 valence electrons. The van der Waals surface area contributed by atoms with E-state index in [4.69, 9.17) is 9.15 Å². The van der Waals surface area contributed by atoms with Crippen LogP contribution in [-0.2, 0) is 19.5 Å². The molecule has 0 bridgehead atoms. The van der Waals surface area contributed by atoms with Gasteiger partial charge in [-0.25, -0.2) is 0 Å². The van der Waals surface area contributed by atoms with Crippen LogP contribution in [0.25, 0.3) is 11.5 Å². The number of rotatable bonds is 9. The summed E-state index contributed by atoms with van der Waals surface area (Å²) in [6.07, 6.45) is 0.977. The van der Waals surface area contributed by atoms with E-state index in [1.807, 2.05) is 35.6 Å². The largest absolute Gasteiger partial charge is 0.497 e. The highest BCUT2D eigenvalue weighted by atomic mass is 32.1. The second-order valence-corrected chi connectivity index (χ2v) is 8.56. The molecule has 0 N–H and O–H groups in total. The van der Waals surface area contributed by atoms with Crippen molar-refractivity contribution < 1.29 is 9.15 Å². The standard InChI is InChI=1S/C24H25N3O2S/c1-18-8-13-22(30-18)16-27(15-14-19-6-4-3-5-7-19)17-23-25-26-24(29-23)20-9-11-21(28-2)12-10-20/h3-13H,14-17H2,1-2H3. The summed E-state index contributed by atoms with van der Waals surface area (Å²) in [5.41, 5.74) is 2.22. The summed E-state index contributed by atoms with van der Waals surface area (Å²) >= 11 is 1.83. The molecule has 0 aliphatic heterocycles. The maximum atomic E-state index is 5.97. The molecule has 0 spiro atoms. The second kappa shape index (κ2) is 9.69. The third kappa shape index (κ3) is 5.34. The van der Waals surface area contributed by atoms with E-state index in [0.29, 0.717) is 18.3 Å². The zero-order chi connectivity index (χ0) is 20.8. The average Bonchev–Trinajstić information content (AvgIpc) is 3.42. The number of ether oxygens (including phenoxy) is 1. The molecular formula is C24H25N3O2S. The minimum Gasteiger partial charge on any atom is -0.497 e. The Hall–Kier alpha value is -2.96. The van der Waals surface area contributed by atoms with Gasteiger partial charge in [0.1, 0.15) is 5.75 Å². The zero-order valence-electron chi connectivity index (χ0n) is 17.2. The molecule has 2 heterocycles. The minimum absolute atomic E-state index is 0.530. The van der Waals surface area contributed by atoms with Crippen LogP contribution in [0.2, 0.25) is 0 Å². The fourth-order valence-corrected chi connectivity index (χ4v) is 4.23. The number of aryl methyl sites for hydroxylation is 1. The minimum atomic E-state index is 0.530. The Labute approximate surface area is 181 Å². The molecule has 30 heavy (non-hydrogen) atoms. The van der Waals surface area contributed by atoms with Gasteiger partial charge in [0.25, 0.3) is 0 Å². The zero-order valence-corrected chi connectivity index (χ0v) is 18.1. The summed E-state index contributed by atoms with van der Waals surface area (Å²) in [5, 5.41) is 8.53. The lowest BCUT2D eigenvalue weighted by Gasteiger charge is -2.20. The predicted molar refractivity (Wildman–Crippen MR) is 120 cm³/mol. The molecule has 0 fully saturated rings. The van der Waals surface area contributed by atoms with E-state index in [1.54, 1.807) is 7.11 Å². The van der Waals surface area contributed by atoms with Gasteiger partial charge in [-0.1, -0.05) is 30.3 Å². The summed E-state index contributed by atoms with van der Waals surface area (Å²) in [6.45, 7) is 4.54. The molecule has 4 rings (SSSR count). The van der Waals surface area contributed by atoms with Crippen LogP contribution in [-0.4, -0.2) is 28.8 Å². The molecule has 0 unspecified atom stereocenters. The Bertz CT molecular complexity index is 1060. The van der Waals surface area contributed by atoms with Gasteiger partial charge in [-0.05, 0) is 55.3 Å². The van der Waals surface area contributed by atoms with Gasteiger partial charge < -0.3 is 9.15 Å². The van der Waals surface area contributed by atoms with E-state index >= 15 is 0 Å². The third-order valence-corrected chi connectivity index (χ3v) is 5.88. The van der Waals surface area contributed by atoms with Crippen molar-refractivity contribution in [3.05, 3.63) is 87.9 Å². The molecule has 6 heteroatoms. The van der Waals surface area contributed by atoms with Gasteiger partial charge in [-0.2, -0.15) is 0 Å². The van der Waals surface area contributed by atoms with Crippen molar-refractivity contribution >= 4 is 11.3 Å². The lowest BCUT2D eigenvalue weighted by molar-refractivity contribution is 0.236. The van der Waals surface area contributed by atoms with E-state index in [-0.39, 0.29) is 0 Å². The van der Waals surface area contributed by atoms with Crippen molar-refractivity contribution in [1.29, 1.82) is 0 Å². The third-order valence-electron chi connectivity index (χ3n) is 4.90. The maximum absolute atomic E-state index is 5.97. The lowest BCUT2D eigenvalue weighted by atomic mass is 10.1. The van der Waals surface area contributed by atoms with E-state index < -0.39 is 0 Å². The van der Waals surface area contributed by atoms with Crippen molar-refractivity contribution in [2.45, 2.75) is 26.4 Å². The summed E-state index contributed by atoms with van der Waals surface area (Å²) in [4.78, 5) is 5.03. The van der Waals surface area contributed by atoms with Crippen LogP contribution >= 0.6 is 11.3 Å². The van der Waals surface area contributed by atoms with Gasteiger partial charge in [0, 0.05) is 28.4 Å². The van der Waals surface area contributed by atoms with E-state index in [9.17, 15) is 0 Å². The number of hydrogen-bond donors (Lipinski definition) is 0. The van der Waals surface area contributed by atoms with Crippen molar-refractivity contribution in [2.75, 3.05) is 13.7 Å². The molecule has 0 saturated carbocycles. The highest BCUT2D eigenvalue weighted by Crippen LogP contribution is 2.23. The van der Waals surface area contributed by atoms with Gasteiger partial charge in [-0.15, -0.1) is 21.5 Å². The van der Waals surface area contributed by atoms with Gasteiger partial charge in [0.2, 0.25) is 11.8 Å². The topological polar surface area (TPSA) is 51.4 Å². The number of thiophene rings is 1. The number of hydrogen-bond acceptors (Lipinski definition) is 6. The van der Waals surface area contributed by atoms with Crippen molar-refractivity contribution in [3.8, 4) is 17.2 Å². The number of methoxy groups -OCH3 is 1. The van der Waals surface area contributed by atoms with E-state index in [2.05, 4.69) is 64.5 Å². The Balaban J connectivity index is 1.46. The molecule has 4 aromatic rings. The van der Waals surface area contributed by atoms with Gasteiger partial charge in [0.15, 0.2) is 0 Å². The second-order valence-electron chi connectivity index (χ2n) is 7.19. The van der Waals surface area contributed by atoms with Gasteiger partial charge in [0.05, 0.1) is 13.7 Å². The Morgan fingerprint density at radius 2 is 1.73 bits per heavy atom. The fraction of sp³-hybridized carbons (Fsp3) is 0.250. The Morgan fingerprint density at radius 3 is 2.43 bits per heavy atom. The molecule has 2 aromatic carbocycles. The van der Waals surface area contributed by atoms with Crippen molar-refractivity contribution in [3.63, 3.8) is 0 Å². The predicted octanol–water partition coefficient (Wildman–Crippen LogP) is 5.36. The summed E-state index contributed by atoms with van der Waals surface area (Å²) in [6, 6.07) is 22.6. The maximum Gasteiger partial charge on any atom is 0.247 e. The molecule has 0 amide bonds. The lowest BCUT2D eigenvalue weighted by Crippen LogP contribution is -2.25. The quantitative estimate of drug-likeness (QED) is 0.365. The Kier molecular flexibility index (Phi) is 6.57. The highest BCUT2D eigenvalue weighted by molar-refractivity contribution is 7.11. The van der Waals surface area contributed by atoms with Crippen LogP contribution in [0.1, 0.15) is 21.2 Å². The Morgan fingerprint density at radius 1 is 0.933 bits per heavy atom. The number of aromatic nitrogens is 2. The molecule has 0 atom stereocenters. The van der Waals surface area contributed by atoms with Crippen molar-refractivity contribution in [2.24, 2.45) is 0 Å². The van der Waals surface area contributed by atoms with Crippen molar-refractivity contribution in [1.82, 2.24) is 15.1 Å². The molecule has 5 nitrogen and oxygen atoms in total. The molecule has 0 saturated heterocycles. The number of nitrogens with zero attached hydrogens (tertiary/aromatic N) is 3. The van der Waals surface area contributed by atoms with E-state index in [0.717, 1.165) is 30.8 Å². The number of benzene rings is 2. The van der Waals surface area contributed by atoms with E-state index in [1.165, 1.54) is 15.3 Å². The normalized spacial score (nSPS) is 11.2. The van der Waals surface area contributed by atoms with Crippen LogP contribution in [0.5, 0.6) is 5.75 Å². The van der Waals surface area contributed by atoms with Crippen LogP contribution in [0.3, 0.4) is 0 Å². The molecular weight excluding hydrogens is 394 g/mol. The van der Waals surface area contributed by atoms with Crippen LogP contribution in [0.15, 0.2) is 71.1 Å². The average molecular weight is 420 g/mol. The smallest absolute Gasteiger partial charge is 0.247 e. The van der Waals surface area contributed by atoms with Crippen LogP contribution < -0.4 is 4.74 Å². The van der Waals surface area contributed by atoms with Crippen LogP contribution in [0, 0.1) is 6.92 Å². The fourth-order valence-electron chi connectivity index (χ4n) is 3.30. The van der Waals surface area contributed by atoms with Gasteiger partial charge >= 0.3 is 0 Å².